The zero-order valence-electron chi connectivity index (χ0n) is 10.4. The Kier molecular flexibility index (Phi) is 5.12. The molecule has 90 valence electrons. The van der Waals surface area contributed by atoms with Crippen molar-refractivity contribution in [2.24, 2.45) is 0 Å². The van der Waals surface area contributed by atoms with Crippen molar-refractivity contribution in [2.45, 2.75) is 26.4 Å². The van der Waals surface area contributed by atoms with Gasteiger partial charge in [0.05, 0.1) is 20.3 Å². The molecule has 0 aliphatic rings. The van der Waals surface area contributed by atoms with Gasteiger partial charge in [-0.15, -0.1) is 0 Å². The lowest BCUT2D eigenvalue weighted by atomic mass is 10.1. The summed E-state index contributed by atoms with van der Waals surface area (Å²) >= 11 is 0. The Morgan fingerprint density at radius 3 is 1.94 bits per heavy atom. The highest BCUT2D eigenvalue weighted by molar-refractivity contribution is 5.39. The van der Waals surface area contributed by atoms with E-state index in [-0.39, 0.29) is 6.10 Å². The summed E-state index contributed by atoms with van der Waals surface area (Å²) in [6, 6.07) is 5.85. The molecule has 16 heavy (non-hydrogen) atoms. The molecule has 1 unspecified atom stereocenters. The molecule has 0 bridgehead atoms. The van der Waals surface area contributed by atoms with E-state index in [0.29, 0.717) is 6.61 Å². The summed E-state index contributed by atoms with van der Waals surface area (Å²) in [5, 5.41) is 0. The molecule has 1 rings (SSSR count). The molecule has 0 aliphatic carbocycles. The van der Waals surface area contributed by atoms with Crippen LogP contribution in [0.2, 0.25) is 0 Å². The van der Waals surface area contributed by atoms with Crippen LogP contribution in [0.1, 0.15) is 31.9 Å². The van der Waals surface area contributed by atoms with Crippen LogP contribution in [0.3, 0.4) is 0 Å². The van der Waals surface area contributed by atoms with Gasteiger partial charge in [-0.2, -0.15) is 0 Å². The molecule has 0 fully saturated rings. The van der Waals surface area contributed by atoms with Crippen molar-refractivity contribution in [1.82, 2.24) is 0 Å². The third kappa shape index (κ3) is 3.14. The first-order valence-electron chi connectivity index (χ1n) is 5.59. The van der Waals surface area contributed by atoms with E-state index < -0.39 is 0 Å². The van der Waals surface area contributed by atoms with E-state index in [4.69, 9.17) is 14.2 Å². The Morgan fingerprint density at radius 1 is 1.00 bits per heavy atom. The molecule has 0 aromatic heterocycles. The molecule has 3 nitrogen and oxygen atoms in total. The van der Waals surface area contributed by atoms with Crippen molar-refractivity contribution in [3.8, 4) is 11.5 Å². The highest BCUT2D eigenvalue weighted by Crippen LogP contribution is 2.29. The average molecular weight is 224 g/mol. The number of ether oxygens (including phenoxy) is 3. The van der Waals surface area contributed by atoms with Gasteiger partial charge in [0.2, 0.25) is 0 Å². The quantitative estimate of drug-likeness (QED) is 0.742. The lowest BCUT2D eigenvalue weighted by molar-refractivity contribution is 0.0595. The predicted octanol–water partition coefficient (Wildman–Crippen LogP) is 3.19. The van der Waals surface area contributed by atoms with Crippen molar-refractivity contribution in [3.63, 3.8) is 0 Å². The smallest absolute Gasteiger partial charge is 0.122 e. The second-order valence-corrected chi connectivity index (χ2v) is 3.50. The minimum Gasteiger partial charge on any atom is -0.497 e. The number of hydrogen-bond acceptors (Lipinski definition) is 3. The van der Waals surface area contributed by atoms with Crippen molar-refractivity contribution < 1.29 is 14.2 Å². The van der Waals surface area contributed by atoms with Crippen molar-refractivity contribution in [2.75, 3.05) is 20.8 Å². The summed E-state index contributed by atoms with van der Waals surface area (Å²) in [6.07, 6.45) is 1.04. The molecular weight excluding hydrogens is 204 g/mol. The van der Waals surface area contributed by atoms with Crippen molar-refractivity contribution in [3.05, 3.63) is 23.8 Å². The molecule has 0 saturated heterocycles. The summed E-state index contributed by atoms with van der Waals surface area (Å²) in [5.41, 5.74) is 1.10. The summed E-state index contributed by atoms with van der Waals surface area (Å²) in [7, 11) is 3.31. The van der Waals surface area contributed by atoms with E-state index >= 15 is 0 Å². The third-order valence-corrected chi connectivity index (χ3v) is 2.48. The van der Waals surface area contributed by atoms with Crippen molar-refractivity contribution in [1.29, 1.82) is 0 Å². The first-order chi connectivity index (χ1) is 7.74. The molecule has 0 spiro atoms. The Morgan fingerprint density at radius 2 is 1.56 bits per heavy atom. The molecule has 0 aliphatic heterocycles. The van der Waals surface area contributed by atoms with E-state index in [0.717, 1.165) is 23.5 Å². The Balaban J connectivity index is 3.00. The van der Waals surface area contributed by atoms with Gasteiger partial charge in [0.15, 0.2) is 0 Å². The van der Waals surface area contributed by atoms with Gasteiger partial charge in [-0.25, -0.2) is 0 Å². The van der Waals surface area contributed by atoms with Gasteiger partial charge in [0.1, 0.15) is 11.5 Å². The summed E-state index contributed by atoms with van der Waals surface area (Å²) < 4.78 is 16.1. The summed E-state index contributed by atoms with van der Waals surface area (Å²) in [6.45, 7) is 4.81. The van der Waals surface area contributed by atoms with Gasteiger partial charge in [0.25, 0.3) is 0 Å². The van der Waals surface area contributed by atoms with Gasteiger partial charge in [0, 0.05) is 12.7 Å². The molecule has 1 aromatic carbocycles. The topological polar surface area (TPSA) is 27.7 Å². The molecule has 0 amide bonds. The lowest BCUT2D eigenvalue weighted by Gasteiger charge is -2.17. The summed E-state index contributed by atoms with van der Waals surface area (Å²) in [5.74, 6) is 1.60. The molecule has 0 radical (unpaired) electrons. The van der Waals surface area contributed by atoms with Crippen molar-refractivity contribution >= 4 is 0 Å². The SMILES string of the molecule is CCOC(CC)c1cc(OC)cc(OC)c1. The van der Waals surface area contributed by atoms with Crippen LogP contribution >= 0.6 is 0 Å². The van der Waals surface area contributed by atoms with Crippen LogP contribution < -0.4 is 9.47 Å². The van der Waals surface area contributed by atoms with Crippen LogP contribution in [0.25, 0.3) is 0 Å². The van der Waals surface area contributed by atoms with E-state index in [1.165, 1.54) is 0 Å². The fraction of sp³-hybridized carbons (Fsp3) is 0.538. The maximum Gasteiger partial charge on any atom is 0.122 e. The minimum atomic E-state index is 0.106. The zero-order chi connectivity index (χ0) is 12.0. The van der Waals surface area contributed by atoms with Crippen LogP contribution in [0, 0.1) is 0 Å². The van der Waals surface area contributed by atoms with Crippen LogP contribution in [0.4, 0.5) is 0 Å². The van der Waals surface area contributed by atoms with E-state index in [1.807, 2.05) is 25.1 Å². The van der Waals surface area contributed by atoms with Gasteiger partial charge >= 0.3 is 0 Å². The minimum absolute atomic E-state index is 0.106. The second kappa shape index (κ2) is 6.38. The van der Waals surface area contributed by atoms with Crippen LogP contribution in [-0.2, 0) is 4.74 Å². The van der Waals surface area contributed by atoms with Crippen LogP contribution in [0.5, 0.6) is 11.5 Å². The molecule has 0 heterocycles. The first kappa shape index (κ1) is 12.8. The summed E-state index contributed by atoms with van der Waals surface area (Å²) in [4.78, 5) is 0. The zero-order valence-corrected chi connectivity index (χ0v) is 10.4. The highest BCUT2D eigenvalue weighted by Gasteiger charge is 2.11. The average Bonchev–Trinajstić information content (AvgIpc) is 2.35. The van der Waals surface area contributed by atoms with Gasteiger partial charge in [-0.05, 0) is 31.0 Å². The normalized spacial score (nSPS) is 12.2. The lowest BCUT2D eigenvalue weighted by Crippen LogP contribution is -2.03. The fourth-order valence-corrected chi connectivity index (χ4v) is 1.67. The molecule has 1 atom stereocenters. The van der Waals surface area contributed by atoms with Crippen LogP contribution in [-0.4, -0.2) is 20.8 Å². The largest absolute Gasteiger partial charge is 0.497 e. The van der Waals surface area contributed by atoms with Gasteiger partial charge < -0.3 is 14.2 Å². The number of methoxy groups -OCH3 is 2. The number of rotatable bonds is 6. The standard InChI is InChI=1S/C13H20O3/c1-5-13(16-6-2)10-7-11(14-3)9-12(8-10)15-4/h7-9,13H,5-6H2,1-4H3. The number of benzene rings is 1. The van der Waals surface area contributed by atoms with Gasteiger partial charge in [-0.1, -0.05) is 6.92 Å². The Labute approximate surface area is 97.3 Å². The molecule has 3 heteroatoms. The fourth-order valence-electron chi connectivity index (χ4n) is 1.67. The maximum atomic E-state index is 5.67. The predicted molar refractivity (Wildman–Crippen MR) is 64.2 cm³/mol. The van der Waals surface area contributed by atoms with E-state index in [2.05, 4.69) is 6.92 Å². The highest BCUT2D eigenvalue weighted by atomic mass is 16.5. The number of hydrogen-bond donors (Lipinski definition) is 0. The van der Waals surface area contributed by atoms with E-state index in [1.54, 1.807) is 14.2 Å². The van der Waals surface area contributed by atoms with Gasteiger partial charge in [-0.3, -0.25) is 0 Å². The van der Waals surface area contributed by atoms with Crippen LogP contribution in [0.15, 0.2) is 18.2 Å². The molecule has 0 saturated carbocycles. The molecule has 1 aromatic rings. The Bertz CT molecular complexity index is 301. The molecular formula is C13H20O3. The first-order valence-corrected chi connectivity index (χ1v) is 5.59. The van der Waals surface area contributed by atoms with E-state index in [9.17, 15) is 0 Å². The maximum absolute atomic E-state index is 5.67. The molecule has 0 N–H and O–H groups in total. The Hall–Kier alpha value is -1.22. The monoisotopic (exact) mass is 224 g/mol. The third-order valence-electron chi connectivity index (χ3n) is 2.48. The second-order valence-electron chi connectivity index (χ2n) is 3.50.